The van der Waals surface area contributed by atoms with Crippen LogP contribution in [0.3, 0.4) is 0 Å². The second-order valence-corrected chi connectivity index (χ2v) is 6.87. The standard InChI is InChI=1S/C15H28N2O3S/c1-3-4-13(5-6-14(18)19)7-8-16-15(20)17-9-10-21-11-12(17)2/h12-13H,3-11H2,1-2H3,(H,16,20)(H,18,19). The van der Waals surface area contributed by atoms with Crippen LogP contribution >= 0.6 is 11.8 Å². The minimum absolute atomic E-state index is 0.0243. The molecule has 122 valence electrons. The van der Waals surface area contributed by atoms with Crippen molar-refractivity contribution in [2.75, 3.05) is 24.6 Å². The number of hydrogen-bond acceptors (Lipinski definition) is 3. The van der Waals surface area contributed by atoms with Crippen LogP contribution in [0.1, 0.15) is 46.0 Å². The summed E-state index contributed by atoms with van der Waals surface area (Å²) in [6.07, 6.45) is 3.87. The van der Waals surface area contributed by atoms with Crippen LogP contribution in [0.5, 0.6) is 0 Å². The van der Waals surface area contributed by atoms with Crippen LogP contribution in [0.25, 0.3) is 0 Å². The molecule has 0 spiro atoms. The molecule has 0 aromatic heterocycles. The number of carbonyl (C=O) groups excluding carboxylic acids is 1. The number of rotatable bonds is 8. The van der Waals surface area contributed by atoms with Crippen LogP contribution in [0.2, 0.25) is 0 Å². The zero-order valence-corrected chi connectivity index (χ0v) is 14.0. The summed E-state index contributed by atoms with van der Waals surface area (Å²) >= 11 is 1.89. The fraction of sp³-hybridized carbons (Fsp3) is 0.867. The Labute approximate surface area is 131 Å². The Morgan fingerprint density at radius 3 is 2.76 bits per heavy atom. The first-order valence-corrected chi connectivity index (χ1v) is 9.04. The van der Waals surface area contributed by atoms with Gasteiger partial charge in [0.2, 0.25) is 0 Å². The molecule has 2 N–H and O–H groups in total. The lowest BCUT2D eigenvalue weighted by molar-refractivity contribution is -0.137. The van der Waals surface area contributed by atoms with E-state index >= 15 is 0 Å². The minimum Gasteiger partial charge on any atom is -0.481 e. The highest BCUT2D eigenvalue weighted by molar-refractivity contribution is 7.99. The molecule has 0 aromatic rings. The van der Waals surface area contributed by atoms with Gasteiger partial charge >= 0.3 is 12.0 Å². The summed E-state index contributed by atoms with van der Waals surface area (Å²) in [6, 6.07) is 0.318. The van der Waals surface area contributed by atoms with E-state index in [-0.39, 0.29) is 12.5 Å². The average molecular weight is 316 g/mol. The van der Waals surface area contributed by atoms with Crippen LogP contribution in [0, 0.1) is 5.92 Å². The maximum absolute atomic E-state index is 12.1. The highest BCUT2D eigenvalue weighted by Crippen LogP contribution is 2.18. The molecule has 2 amide bonds. The van der Waals surface area contributed by atoms with Crippen LogP contribution in [0.4, 0.5) is 4.79 Å². The molecular formula is C15H28N2O3S. The van der Waals surface area contributed by atoms with Gasteiger partial charge < -0.3 is 15.3 Å². The normalized spacial score (nSPS) is 20.1. The van der Waals surface area contributed by atoms with Gasteiger partial charge in [-0.25, -0.2) is 4.79 Å². The molecule has 21 heavy (non-hydrogen) atoms. The summed E-state index contributed by atoms with van der Waals surface area (Å²) in [7, 11) is 0. The van der Waals surface area contributed by atoms with Gasteiger partial charge in [0.05, 0.1) is 0 Å². The highest BCUT2D eigenvalue weighted by atomic mass is 32.2. The van der Waals surface area contributed by atoms with E-state index in [2.05, 4.69) is 19.2 Å². The van der Waals surface area contributed by atoms with Crippen LogP contribution in [0.15, 0.2) is 0 Å². The molecule has 1 aliphatic rings. The first-order chi connectivity index (χ1) is 10.0. The van der Waals surface area contributed by atoms with Gasteiger partial charge in [0, 0.05) is 37.1 Å². The summed E-state index contributed by atoms with van der Waals surface area (Å²) in [6.45, 7) is 5.65. The van der Waals surface area contributed by atoms with E-state index in [1.807, 2.05) is 16.7 Å². The van der Waals surface area contributed by atoms with Crippen molar-refractivity contribution in [1.82, 2.24) is 10.2 Å². The number of aliphatic carboxylic acids is 1. The molecule has 1 heterocycles. The third kappa shape index (κ3) is 7.07. The Kier molecular flexibility index (Phi) is 8.57. The van der Waals surface area contributed by atoms with Gasteiger partial charge in [-0.05, 0) is 25.7 Å². The Morgan fingerprint density at radius 2 is 2.14 bits per heavy atom. The van der Waals surface area contributed by atoms with Gasteiger partial charge in [-0.2, -0.15) is 11.8 Å². The summed E-state index contributed by atoms with van der Waals surface area (Å²) in [5.74, 6) is 1.67. The number of hydrogen-bond donors (Lipinski definition) is 2. The van der Waals surface area contributed by atoms with Crippen molar-refractivity contribution in [3.63, 3.8) is 0 Å². The summed E-state index contributed by atoms with van der Waals surface area (Å²) in [5, 5.41) is 11.8. The summed E-state index contributed by atoms with van der Waals surface area (Å²) < 4.78 is 0. The molecule has 2 atom stereocenters. The highest BCUT2D eigenvalue weighted by Gasteiger charge is 2.23. The van der Waals surface area contributed by atoms with E-state index in [1.54, 1.807) is 0 Å². The van der Waals surface area contributed by atoms with Crippen molar-refractivity contribution in [3.8, 4) is 0 Å². The number of thioether (sulfide) groups is 1. The van der Waals surface area contributed by atoms with Crippen molar-refractivity contribution >= 4 is 23.8 Å². The molecule has 1 fully saturated rings. The second-order valence-electron chi connectivity index (χ2n) is 5.73. The number of nitrogens with one attached hydrogen (secondary N) is 1. The van der Waals surface area contributed by atoms with Crippen LogP contribution in [-0.4, -0.2) is 52.6 Å². The van der Waals surface area contributed by atoms with E-state index in [9.17, 15) is 9.59 Å². The van der Waals surface area contributed by atoms with Crippen LogP contribution < -0.4 is 5.32 Å². The largest absolute Gasteiger partial charge is 0.481 e. The summed E-state index contributed by atoms with van der Waals surface area (Å²) in [4.78, 5) is 24.7. The fourth-order valence-corrected chi connectivity index (χ4v) is 3.70. The van der Waals surface area contributed by atoms with Gasteiger partial charge in [0.1, 0.15) is 0 Å². The van der Waals surface area contributed by atoms with Gasteiger partial charge in [-0.15, -0.1) is 0 Å². The molecule has 1 rings (SSSR count). The Balaban J connectivity index is 2.28. The zero-order chi connectivity index (χ0) is 15.7. The first-order valence-electron chi connectivity index (χ1n) is 7.88. The SMILES string of the molecule is CCCC(CCNC(=O)N1CCSCC1C)CCC(=O)O. The molecule has 0 bridgehead atoms. The van der Waals surface area contributed by atoms with Gasteiger partial charge in [-0.1, -0.05) is 19.8 Å². The Bertz CT molecular complexity index is 339. The topological polar surface area (TPSA) is 69.6 Å². The predicted octanol–water partition coefficient (Wildman–Crippen LogP) is 2.80. The number of amides is 2. The quantitative estimate of drug-likeness (QED) is 0.722. The molecule has 0 radical (unpaired) electrons. The third-order valence-corrected chi connectivity index (χ3v) is 5.11. The second kappa shape index (κ2) is 9.92. The number of urea groups is 1. The molecule has 0 aromatic carbocycles. The smallest absolute Gasteiger partial charge is 0.317 e. The van der Waals surface area contributed by atoms with E-state index < -0.39 is 5.97 Å². The van der Waals surface area contributed by atoms with E-state index in [1.165, 1.54) is 0 Å². The van der Waals surface area contributed by atoms with Crippen molar-refractivity contribution in [3.05, 3.63) is 0 Å². The molecule has 1 aliphatic heterocycles. The summed E-state index contributed by atoms with van der Waals surface area (Å²) in [5.41, 5.74) is 0. The van der Waals surface area contributed by atoms with E-state index in [0.717, 1.165) is 37.3 Å². The lowest BCUT2D eigenvalue weighted by Crippen LogP contribution is -2.49. The molecule has 5 nitrogen and oxygen atoms in total. The lowest BCUT2D eigenvalue weighted by atomic mass is 9.94. The van der Waals surface area contributed by atoms with Crippen LogP contribution in [-0.2, 0) is 4.79 Å². The monoisotopic (exact) mass is 316 g/mol. The van der Waals surface area contributed by atoms with Crippen molar-refractivity contribution < 1.29 is 14.7 Å². The number of carbonyl (C=O) groups is 2. The zero-order valence-electron chi connectivity index (χ0n) is 13.1. The van der Waals surface area contributed by atoms with Gasteiger partial charge in [0.25, 0.3) is 0 Å². The molecule has 0 aliphatic carbocycles. The average Bonchev–Trinajstić information content (AvgIpc) is 2.45. The van der Waals surface area contributed by atoms with E-state index in [4.69, 9.17) is 5.11 Å². The molecule has 6 heteroatoms. The van der Waals surface area contributed by atoms with Crippen molar-refractivity contribution in [2.24, 2.45) is 5.92 Å². The van der Waals surface area contributed by atoms with Gasteiger partial charge in [0.15, 0.2) is 0 Å². The number of carboxylic acid groups (broad SMARTS) is 1. The van der Waals surface area contributed by atoms with Gasteiger partial charge in [-0.3, -0.25) is 4.79 Å². The predicted molar refractivity (Wildman–Crippen MR) is 86.8 cm³/mol. The fourth-order valence-electron chi connectivity index (χ4n) is 2.68. The number of nitrogens with zero attached hydrogens (tertiary/aromatic N) is 1. The Morgan fingerprint density at radius 1 is 1.38 bits per heavy atom. The lowest BCUT2D eigenvalue weighted by Gasteiger charge is -2.33. The maximum Gasteiger partial charge on any atom is 0.317 e. The van der Waals surface area contributed by atoms with E-state index in [0.29, 0.717) is 24.9 Å². The van der Waals surface area contributed by atoms with Crippen molar-refractivity contribution in [1.29, 1.82) is 0 Å². The first kappa shape index (κ1) is 18.1. The maximum atomic E-state index is 12.1. The molecule has 1 saturated heterocycles. The number of carboxylic acids is 1. The third-order valence-electron chi connectivity index (χ3n) is 3.92. The molecule has 0 saturated carbocycles. The van der Waals surface area contributed by atoms with Crippen molar-refractivity contribution in [2.45, 2.75) is 52.0 Å². The minimum atomic E-state index is -0.736. The Hall–Kier alpha value is -0.910. The molecule has 2 unspecified atom stereocenters. The molecular weight excluding hydrogens is 288 g/mol.